The van der Waals surface area contributed by atoms with Crippen LogP contribution in [0.1, 0.15) is 69.9 Å². The van der Waals surface area contributed by atoms with Gasteiger partial charge in [0, 0.05) is 12.0 Å². The van der Waals surface area contributed by atoms with Gasteiger partial charge >= 0.3 is 18.2 Å². The Bertz CT molecular complexity index is 1180. The van der Waals surface area contributed by atoms with Gasteiger partial charge in [-0.25, -0.2) is 14.4 Å². The summed E-state index contributed by atoms with van der Waals surface area (Å²) in [6.45, 7) is 5.43. The largest absolute Gasteiger partial charge is 0.479 e. The molecule has 2 fully saturated rings. The van der Waals surface area contributed by atoms with Crippen LogP contribution in [0.25, 0.3) is 11.1 Å². The lowest BCUT2D eigenvalue weighted by molar-refractivity contribution is -0.147. The Morgan fingerprint density at radius 1 is 1.00 bits per heavy atom. The maximum atomic E-state index is 13.2. The van der Waals surface area contributed by atoms with Crippen molar-refractivity contribution in [2.24, 2.45) is 0 Å². The average Bonchev–Trinajstić information content (AvgIpc) is 3.35. The molecule has 0 saturated carbocycles. The minimum Gasteiger partial charge on any atom is -0.479 e. The van der Waals surface area contributed by atoms with Crippen molar-refractivity contribution < 1.29 is 29.0 Å². The molecule has 37 heavy (non-hydrogen) atoms. The van der Waals surface area contributed by atoms with Crippen LogP contribution in [0.15, 0.2) is 48.5 Å². The number of benzene rings is 2. The number of aliphatic carboxylic acids is 1. The zero-order valence-corrected chi connectivity index (χ0v) is 21.5. The normalized spacial score (nSPS) is 24.6. The summed E-state index contributed by atoms with van der Waals surface area (Å²) in [5.41, 5.74) is 2.02. The van der Waals surface area contributed by atoms with E-state index < -0.39 is 35.3 Å². The fourth-order valence-corrected chi connectivity index (χ4v) is 6.29. The third kappa shape index (κ3) is 4.54. The molecule has 5 rings (SSSR count). The highest BCUT2D eigenvalue weighted by molar-refractivity contribution is 5.87. The van der Waals surface area contributed by atoms with Gasteiger partial charge < -0.3 is 19.9 Å². The minimum atomic E-state index is -1.65. The second kappa shape index (κ2) is 9.39. The van der Waals surface area contributed by atoms with Gasteiger partial charge in [-0.05, 0) is 75.1 Å². The number of fused-ring (bicyclic) bond motifs is 5. The van der Waals surface area contributed by atoms with E-state index in [1.165, 1.54) is 0 Å². The average molecular weight is 507 g/mol. The Balaban J connectivity index is 1.36. The Kier molecular flexibility index (Phi) is 6.38. The molecule has 2 bridgehead atoms. The second-order valence-corrected chi connectivity index (χ2v) is 11.3. The first kappa shape index (κ1) is 25.1. The second-order valence-electron chi connectivity index (χ2n) is 11.3. The van der Waals surface area contributed by atoms with Crippen LogP contribution in [-0.4, -0.2) is 58.0 Å². The van der Waals surface area contributed by atoms with Crippen molar-refractivity contribution in [2.75, 3.05) is 6.61 Å². The van der Waals surface area contributed by atoms with Crippen molar-refractivity contribution in [3.8, 4) is 11.1 Å². The molecule has 2 aliphatic heterocycles. The summed E-state index contributed by atoms with van der Waals surface area (Å²) in [4.78, 5) is 40.6. The summed E-state index contributed by atoms with van der Waals surface area (Å²) < 4.78 is 11.3. The molecule has 1 aliphatic carbocycles. The van der Waals surface area contributed by atoms with E-state index in [2.05, 4.69) is 17.4 Å². The molecule has 0 radical (unpaired) electrons. The van der Waals surface area contributed by atoms with E-state index in [0.717, 1.165) is 22.3 Å². The van der Waals surface area contributed by atoms with Gasteiger partial charge in [0.1, 0.15) is 12.2 Å². The quantitative estimate of drug-likeness (QED) is 0.583. The van der Waals surface area contributed by atoms with Crippen molar-refractivity contribution in [2.45, 2.75) is 82.0 Å². The van der Waals surface area contributed by atoms with Crippen LogP contribution in [0, 0.1) is 0 Å². The van der Waals surface area contributed by atoms with E-state index in [-0.39, 0.29) is 25.0 Å². The Labute approximate surface area is 216 Å². The van der Waals surface area contributed by atoms with Crippen molar-refractivity contribution >= 4 is 18.2 Å². The molecule has 3 atom stereocenters. The Hall–Kier alpha value is -3.55. The molecule has 196 valence electrons. The first-order valence-corrected chi connectivity index (χ1v) is 13.0. The van der Waals surface area contributed by atoms with Crippen LogP contribution in [0.5, 0.6) is 0 Å². The molecule has 3 aliphatic rings. The van der Waals surface area contributed by atoms with Crippen molar-refractivity contribution in [1.82, 2.24) is 10.2 Å². The number of carboxylic acids is 1. The molecular formula is C29H34N2O6. The number of hydrogen-bond acceptors (Lipinski definition) is 5. The molecule has 2 N–H and O–H groups in total. The lowest BCUT2D eigenvalue weighted by atomic mass is 9.82. The molecule has 2 heterocycles. The third-order valence-corrected chi connectivity index (χ3v) is 7.83. The summed E-state index contributed by atoms with van der Waals surface area (Å²) in [5, 5.41) is 13.1. The van der Waals surface area contributed by atoms with Crippen LogP contribution in [0.2, 0.25) is 0 Å². The summed E-state index contributed by atoms with van der Waals surface area (Å²) in [6.07, 6.45) is 1.26. The topological polar surface area (TPSA) is 105 Å². The van der Waals surface area contributed by atoms with E-state index in [9.17, 15) is 19.5 Å². The number of carboxylic acid groups (broad SMARTS) is 1. The minimum absolute atomic E-state index is 0.0820. The van der Waals surface area contributed by atoms with Gasteiger partial charge in [-0.2, -0.15) is 0 Å². The summed E-state index contributed by atoms with van der Waals surface area (Å²) in [7, 11) is 0. The van der Waals surface area contributed by atoms with E-state index in [0.29, 0.717) is 25.7 Å². The lowest BCUT2D eigenvalue weighted by Crippen LogP contribution is -2.66. The number of hydrogen-bond donors (Lipinski definition) is 2. The Morgan fingerprint density at radius 3 is 2.22 bits per heavy atom. The maximum Gasteiger partial charge on any atom is 0.410 e. The number of alkyl carbamates (subject to hydrolysis) is 1. The van der Waals surface area contributed by atoms with E-state index >= 15 is 0 Å². The van der Waals surface area contributed by atoms with Crippen molar-refractivity contribution in [1.29, 1.82) is 0 Å². The number of nitrogens with zero attached hydrogens (tertiary/aromatic N) is 1. The molecule has 2 aromatic carbocycles. The number of amides is 2. The predicted molar refractivity (Wildman–Crippen MR) is 137 cm³/mol. The summed E-state index contributed by atoms with van der Waals surface area (Å²) >= 11 is 0. The molecule has 2 saturated heterocycles. The maximum absolute atomic E-state index is 13.2. The van der Waals surface area contributed by atoms with Gasteiger partial charge in [-0.15, -0.1) is 0 Å². The smallest absolute Gasteiger partial charge is 0.410 e. The zero-order chi connectivity index (χ0) is 26.4. The lowest BCUT2D eigenvalue weighted by Gasteiger charge is -2.39. The molecule has 3 unspecified atom stereocenters. The van der Waals surface area contributed by atoms with Crippen LogP contribution < -0.4 is 5.32 Å². The zero-order valence-electron chi connectivity index (χ0n) is 21.5. The summed E-state index contributed by atoms with van der Waals surface area (Å²) in [5.74, 6) is -1.30. The monoisotopic (exact) mass is 506 g/mol. The number of rotatable bonds is 4. The van der Waals surface area contributed by atoms with Gasteiger partial charge in [0.2, 0.25) is 0 Å². The fraction of sp³-hybridized carbons (Fsp3) is 0.483. The van der Waals surface area contributed by atoms with E-state index in [1.807, 2.05) is 36.4 Å². The van der Waals surface area contributed by atoms with Crippen molar-refractivity contribution in [3.63, 3.8) is 0 Å². The molecule has 8 heteroatoms. The van der Waals surface area contributed by atoms with Crippen molar-refractivity contribution in [3.05, 3.63) is 59.7 Å². The Morgan fingerprint density at radius 2 is 1.62 bits per heavy atom. The predicted octanol–water partition coefficient (Wildman–Crippen LogP) is 5.30. The molecule has 2 amide bonds. The number of carbonyl (C=O) groups excluding carboxylic acids is 2. The molecule has 0 aromatic heterocycles. The third-order valence-electron chi connectivity index (χ3n) is 7.83. The van der Waals surface area contributed by atoms with Crippen LogP contribution in [-0.2, 0) is 14.3 Å². The first-order valence-electron chi connectivity index (χ1n) is 13.0. The highest BCUT2D eigenvalue weighted by atomic mass is 16.6. The van der Waals surface area contributed by atoms with Crippen LogP contribution >= 0.6 is 0 Å². The van der Waals surface area contributed by atoms with Gasteiger partial charge in [-0.3, -0.25) is 4.90 Å². The summed E-state index contributed by atoms with van der Waals surface area (Å²) in [6, 6.07) is 15.2. The molecule has 0 spiro atoms. The van der Waals surface area contributed by atoms with Gasteiger partial charge in [0.05, 0.1) is 6.04 Å². The molecule has 8 nitrogen and oxygen atoms in total. The van der Waals surface area contributed by atoms with E-state index in [1.54, 1.807) is 25.7 Å². The number of nitrogens with one attached hydrogen (secondary N) is 1. The van der Waals surface area contributed by atoms with Gasteiger partial charge in [0.15, 0.2) is 5.54 Å². The van der Waals surface area contributed by atoms with Gasteiger partial charge in [0.25, 0.3) is 0 Å². The highest BCUT2D eigenvalue weighted by Gasteiger charge is 2.57. The fourth-order valence-electron chi connectivity index (χ4n) is 6.29. The highest BCUT2D eigenvalue weighted by Crippen LogP contribution is 2.45. The first-order chi connectivity index (χ1) is 17.6. The molecule has 2 aromatic rings. The van der Waals surface area contributed by atoms with Crippen LogP contribution in [0.3, 0.4) is 0 Å². The van der Waals surface area contributed by atoms with Gasteiger partial charge in [-0.1, -0.05) is 48.5 Å². The number of carbonyl (C=O) groups is 3. The molecular weight excluding hydrogens is 472 g/mol. The van der Waals surface area contributed by atoms with E-state index in [4.69, 9.17) is 9.47 Å². The SMILES string of the molecule is CC(C)(C)OC(=O)N1C2CCCC(NC(=O)OCC3c4ccccc4-c4ccccc43)(C(=O)O)C1CC2. The number of ether oxygens (including phenoxy) is 2. The van der Waals surface area contributed by atoms with Crippen LogP contribution in [0.4, 0.5) is 9.59 Å². The standard InChI is InChI=1S/C29H34N2O6/c1-28(2,3)37-27(35)31-18-9-8-16-29(25(32)33,24(31)15-14-18)30-26(34)36-17-23-21-12-6-4-10-19(21)20-11-5-7-13-22(20)23/h4-7,10-13,18,23-24H,8-9,14-17H2,1-3H3,(H,30,34)(H,32,33).